The normalized spacial score (nSPS) is 12.1. The Labute approximate surface area is 171 Å². The van der Waals surface area contributed by atoms with Crippen molar-refractivity contribution in [3.05, 3.63) is 58.1 Å². The van der Waals surface area contributed by atoms with Gasteiger partial charge in [-0.1, -0.05) is 41.4 Å². The standard InChI is InChI=1S/C19H18Cl2N4O3/c20-12-6-5-11(9-13(12)21)10-16(18(22)28)25-15-4-2-1-3-14(15)24-19(25)23-8-7-17(26)27/h1-6,9,16H,7-8,10H2,(H2,22,28)(H,23,24)(H,26,27). The molecule has 0 bridgehead atoms. The molecule has 9 heteroatoms. The van der Waals surface area contributed by atoms with Crippen molar-refractivity contribution in [1.29, 1.82) is 0 Å². The van der Waals surface area contributed by atoms with Gasteiger partial charge in [0, 0.05) is 13.0 Å². The molecule has 0 saturated carbocycles. The van der Waals surface area contributed by atoms with E-state index in [2.05, 4.69) is 10.3 Å². The molecule has 0 aliphatic rings. The number of rotatable bonds is 8. The highest BCUT2D eigenvalue weighted by molar-refractivity contribution is 6.42. The quantitative estimate of drug-likeness (QED) is 0.516. The van der Waals surface area contributed by atoms with Crippen LogP contribution in [0.4, 0.5) is 5.95 Å². The highest BCUT2D eigenvalue weighted by atomic mass is 35.5. The summed E-state index contributed by atoms with van der Waals surface area (Å²) in [7, 11) is 0. The van der Waals surface area contributed by atoms with Crippen molar-refractivity contribution in [3.8, 4) is 0 Å². The van der Waals surface area contributed by atoms with Crippen LogP contribution >= 0.6 is 23.2 Å². The van der Waals surface area contributed by atoms with E-state index in [-0.39, 0.29) is 19.4 Å². The molecule has 28 heavy (non-hydrogen) atoms. The number of hydrogen-bond donors (Lipinski definition) is 3. The first kappa shape index (κ1) is 20.0. The molecule has 0 spiro atoms. The van der Waals surface area contributed by atoms with Gasteiger partial charge in [0.25, 0.3) is 0 Å². The van der Waals surface area contributed by atoms with Crippen LogP contribution in [-0.2, 0) is 16.0 Å². The second kappa shape index (κ2) is 8.50. The van der Waals surface area contributed by atoms with E-state index in [1.165, 1.54) is 0 Å². The minimum Gasteiger partial charge on any atom is -0.481 e. The van der Waals surface area contributed by atoms with Crippen molar-refractivity contribution < 1.29 is 14.7 Å². The number of primary amides is 1. The Morgan fingerprint density at radius 3 is 2.61 bits per heavy atom. The Hall–Kier alpha value is -2.77. The molecule has 1 atom stereocenters. The van der Waals surface area contributed by atoms with Crippen LogP contribution in [0.2, 0.25) is 10.0 Å². The molecule has 4 N–H and O–H groups in total. The molecule has 3 aromatic rings. The summed E-state index contributed by atoms with van der Waals surface area (Å²) in [4.78, 5) is 27.6. The van der Waals surface area contributed by atoms with E-state index in [0.717, 1.165) is 5.56 Å². The number of aliphatic carboxylic acids is 1. The molecule has 1 heterocycles. The molecule has 7 nitrogen and oxygen atoms in total. The van der Waals surface area contributed by atoms with E-state index in [1.807, 2.05) is 24.3 Å². The third kappa shape index (κ3) is 4.37. The van der Waals surface area contributed by atoms with Crippen molar-refractivity contribution in [2.75, 3.05) is 11.9 Å². The largest absolute Gasteiger partial charge is 0.481 e. The lowest BCUT2D eigenvalue weighted by Gasteiger charge is -2.19. The predicted octanol–water partition coefficient (Wildman–Crippen LogP) is 3.50. The van der Waals surface area contributed by atoms with Crippen LogP contribution in [0.15, 0.2) is 42.5 Å². The number of anilines is 1. The minimum absolute atomic E-state index is 0.0861. The van der Waals surface area contributed by atoms with Crippen LogP contribution in [0, 0.1) is 0 Å². The summed E-state index contributed by atoms with van der Waals surface area (Å²) in [6.45, 7) is 0.164. The van der Waals surface area contributed by atoms with E-state index in [4.69, 9.17) is 34.0 Å². The van der Waals surface area contributed by atoms with Crippen molar-refractivity contribution in [1.82, 2.24) is 9.55 Å². The summed E-state index contributed by atoms with van der Waals surface area (Å²) < 4.78 is 1.70. The molecular weight excluding hydrogens is 403 g/mol. The number of fused-ring (bicyclic) bond motifs is 1. The summed E-state index contributed by atoms with van der Waals surface area (Å²) in [5.74, 6) is -1.10. The van der Waals surface area contributed by atoms with Crippen LogP contribution < -0.4 is 11.1 Å². The van der Waals surface area contributed by atoms with Gasteiger partial charge in [0.1, 0.15) is 6.04 Å². The van der Waals surface area contributed by atoms with Gasteiger partial charge in [0.15, 0.2) is 0 Å². The Balaban J connectivity index is 2.01. The zero-order valence-electron chi connectivity index (χ0n) is 14.7. The van der Waals surface area contributed by atoms with Gasteiger partial charge in [-0.05, 0) is 29.8 Å². The number of benzene rings is 2. The number of carboxylic acids is 1. The summed E-state index contributed by atoms with van der Waals surface area (Å²) in [5, 5.41) is 12.7. The van der Waals surface area contributed by atoms with Crippen molar-refractivity contribution >= 4 is 52.1 Å². The van der Waals surface area contributed by atoms with Crippen LogP contribution in [-0.4, -0.2) is 33.1 Å². The van der Waals surface area contributed by atoms with Crippen LogP contribution in [0.1, 0.15) is 18.0 Å². The monoisotopic (exact) mass is 420 g/mol. The second-order valence-corrected chi connectivity index (χ2v) is 7.05. The number of nitrogens with zero attached hydrogens (tertiary/aromatic N) is 2. The van der Waals surface area contributed by atoms with Crippen LogP contribution in [0.5, 0.6) is 0 Å². The summed E-state index contributed by atoms with van der Waals surface area (Å²) in [6.07, 6.45) is 0.192. The average molecular weight is 421 g/mol. The average Bonchev–Trinajstić information content (AvgIpc) is 3.00. The first-order valence-corrected chi connectivity index (χ1v) is 9.28. The van der Waals surface area contributed by atoms with E-state index in [9.17, 15) is 9.59 Å². The minimum atomic E-state index is -0.933. The number of carbonyl (C=O) groups is 2. The van der Waals surface area contributed by atoms with Gasteiger partial charge in [0.2, 0.25) is 11.9 Å². The fraction of sp³-hybridized carbons (Fsp3) is 0.211. The Morgan fingerprint density at radius 1 is 1.18 bits per heavy atom. The molecule has 3 rings (SSSR count). The first-order valence-electron chi connectivity index (χ1n) is 8.52. The molecule has 1 amide bonds. The molecular formula is C19H18Cl2N4O3. The molecule has 2 aromatic carbocycles. The number of amides is 1. The number of carboxylic acid groups (broad SMARTS) is 1. The van der Waals surface area contributed by atoms with E-state index >= 15 is 0 Å². The first-order chi connectivity index (χ1) is 13.4. The van der Waals surface area contributed by atoms with Gasteiger partial charge in [0.05, 0.1) is 27.5 Å². The van der Waals surface area contributed by atoms with Crippen molar-refractivity contribution in [2.24, 2.45) is 5.73 Å². The second-order valence-electron chi connectivity index (χ2n) is 6.24. The summed E-state index contributed by atoms with van der Waals surface area (Å²) in [6, 6.07) is 11.7. The number of carbonyl (C=O) groups excluding carboxylic acids is 1. The molecule has 1 aromatic heterocycles. The van der Waals surface area contributed by atoms with E-state index in [1.54, 1.807) is 22.8 Å². The van der Waals surface area contributed by atoms with Crippen molar-refractivity contribution in [3.63, 3.8) is 0 Å². The third-order valence-corrected chi connectivity index (χ3v) is 5.01. The summed E-state index contributed by atoms with van der Waals surface area (Å²) >= 11 is 12.1. The van der Waals surface area contributed by atoms with Crippen LogP contribution in [0.3, 0.4) is 0 Å². The maximum absolute atomic E-state index is 12.3. The lowest BCUT2D eigenvalue weighted by Crippen LogP contribution is -2.29. The molecule has 0 aliphatic carbocycles. The number of imidazole rings is 1. The summed E-state index contributed by atoms with van der Waals surface area (Å²) in [5.41, 5.74) is 7.88. The smallest absolute Gasteiger partial charge is 0.305 e. The Kier molecular flexibility index (Phi) is 6.06. The number of halogens is 2. The van der Waals surface area contributed by atoms with Gasteiger partial charge in [-0.3, -0.25) is 14.2 Å². The highest BCUT2D eigenvalue weighted by Crippen LogP contribution is 2.29. The van der Waals surface area contributed by atoms with Gasteiger partial charge >= 0.3 is 5.97 Å². The highest BCUT2D eigenvalue weighted by Gasteiger charge is 2.24. The fourth-order valence-electron chi connectivity index (χ4n) is 2.97. The topological polar surface area (TPSA) is 110 Å². The molecule has 0 aliphatic heterocycles. The SMILES string of the molecule is NC(=O)C(Cc1ccc(Cl)c(Cl)c1)n1c(NCCC(=O)O)nc2ccccc21. The van der Waals surface area contributed by atoms with Crippen LogP contribution in [0.25, 0.3) is 11.0 Å². The number of hydrogen-bond acceptors (Lipinski definition) is 4. The maximum atomic E-state index is 12.3. The lowest BCUT2D eigenvalue weighted by atomic mass is 10.0. The lowest BCUT2D eigenvalue weighted by molar-refractivity contribution is -0.136. The zero-order valence-corrected chi connectivity index (χ0v) is 16.2. The number of para-hydroxylation sites is 2. The molecule has 0 saturated heterocycles. The maximum Gasteiger partial charge on any atom is 0.305 e. The van der Waals surface area contributed by atoms with Gasteiger partial charge in [-0.25, -0.2) is 4.98 Å². The zero-order chi connectivity index (χ0) is 20.3. The fourth-order valence-corrected chi connectivity index (χ4v) is 3.30. The van der Waals surface area contributed by atoms with Gasteiger partial charge in [-0.15, -0.1) is 0 Å². The number of aromatic nitrogens is 2. The Bertz CT molecular complexity index is 1040. The molecule has 0 radical (unpaired) electrons. The molecule has 0 fully saturated rings. The van der Waals surface area contributed by atoms with Gasteiger partial charge in [-0.2, -0.15) is 0 Å². The third-order valence-electron chi connectivity index (χ3n) is 4.27. The number of nitrogens with one attached hydrogen (secondary N) is 1. The predicted molar refractivity (Wildman–Crippen MR) is 109 cm³/mol. The van der Waals surface area contributed by atoms with E-state index < -0.39 is 17.9 Å². The van der Waals surface area contributed by atoms with E-state index in [0.29, 0.717) is 27.0 Å². The van der Waals surface area contributed by atoms with Gasteiger partial charge < -0.3 is 16.2 Å². The number of nitrogens with two attached hydrogens (primary N) is 1. The molecule has 146 valence electrons. The Morgan fingerprint density at radius 2 is 1.93 bits per heavy atom. The van der Waals surface area contributed by atoms with Crippen molar-refractivity contribution in [2.45, 2.75) is 18.9 Å². The molecule has 1 unspecified atom stereocenters.